The average Bonchev–Trinajstić information content (AvgIpc) is 2.89. The molecule has 0 saturated carbocycles. The van der Waals surface area contributed by atoms with E-state index in [1.807, 2.05) is 30.7 Å². The molecule has 1 N–H and O–H groups in total. The summed E-state index contributed by atoms with van der Waals surface area (Å²) in [6.07, 6.45) is 5.24. The Kier molecular flexibility index (Phi) is 6.56. The van der Waals surface area contributed by atoms with Crippen LogP contribution in [0.5, 0.6) is 0 Å². The molecule has 7 heteroatoms. The first kappa shape index (κ1) is 22.5. The first-order chi connectivity index (χ1) is 16.6. The number of carbonyl (C=O) groups is 1. The van der Waals surface area contributed by atoms with E-state index in [2.05, 4.69) is 57.3 Å². The third-order valence-electron chi connectivity index (χ3n) is 6.38. The first-order valence-corrected chi connectivity index (χ1v) is 12.6. The Labute approximate surface area is 203 Å². The molecule has 2 aromatic carbocycles. The van der Waals surface area contributed by atoms with Crippen molar-refractivity contribution < 1.29 is 9.90 Å². The van der Waals surface area contributed by atoms with E-state index < -0.39 is 5.97 Å². The van der Waals surface area contributed by atoms with Gasteiger partial charge in [-0.3, -0.25) is 9.69 Å². The highest BCUT2D eigenvalue weighted by Crippen LogP contribution is 2.33. The Balaban J connectivity index is 1.45. The number of rotatable bonds is 6. The van der Waals surface area contributed by atoms with Crippen LogP contribution in [0.25, 0.3) is 33.4 Å². The van der Waals surface area contributed by atoms with Gasteiger partial charge in [-0.2, -0.15) is 0 Å². The number of likely N-dealkylation sites (tertiary alicyclic amines) is 1. The summed E-state index contributed by atoms with van der Waals surface area (Å²) in [5.74, 6) is -0.875. The number of nitrogens with zero attached hydrogens (tertiary/aromatic N) is 4. The molecular weight excluding hydrogens is 444 g/mol. The summed E-state index contributed by atoms with van der Waals surface area (Å²) < 4.78 is 0. The van der Waals surface area contributed by atoms with Crippen molar-refractivity contribution >= 4 is 28.8 Å². The Bertz CT molecular complexity index is 1300. The van der Waals surface area contributed by atoms with E-state index in [1.165, 1.54) is 17.3 Å². The van der Waals surface area contributed by atoms with Gasteiger partial charge in [-0.15, -0.1) is 0 Å². The predicted molar refractivity (Wildman–Crippen MR) is 136 cm³/mol. The fourth-order valence-corrected chi connectivity index (χ4v) is 4.80. The highest BCUT2D eigenvalue weighted by atomic mass is 32.2. The molecule has 0 spiro atoms. The molecule has 1 saturated heterocycles. The van der Waals surface area contributed by atoms with Gasteiger partial charge in [0.25, 0.3) is 0 Å². The fraction of sp³-hybridized carbons (Fsp3) is 0.259. The van der Waals surface area contributed by atoms with Gasteiger partial charge in [-0.05, 0) is 49.4 Å². The van der Waals surface area contributed by atoms with Crippen molar-refractivity contribution in [1.82, 2.24) is 19.9 Å². The van der Waals surface area contributed by atoms with Crippen LogP contribution in [0.3, 0.4) is 0 Å². The molecule has 2 aromatic heterocycles. The molecule has 6 nitrogen and oxygen atoms in total. The van der Waals surface area contributed by atoms with Gasteiger partial charge in [-0.1, -0.05) is 66.4 Å². The van der Waals surface area contributed by atoms with Crippen molar-refractivity contribution in [2.45, 2.75) is 24.5 Å². The van der Waals surface area contributed by atoms with Gasteiger partial charge in [0.15, 0.2) is 10.8 Å². The summed E-state index contributed by atoms with van der Waals surface area (Å²) in [7, 11) is 0. The Morgan fingerprint density at radius 3 is 2.44 bits per heavy atom. The van der Waals surface area contributed by atoms with Gasteiger partial charge in [0.2, 0.25) is 0 Å². The standard InChI is InChI=1S/C27H26N4O2S/c1-34-27-28-16-22-15-23(19-5-3-2-4-6-19)24(29-25(22)30-27)20-9-7-18(8-10-20)17-31-13-11-21(12-14-31)26(32)33/h2-10,15-16,21H,11-14,17H2,1H3,(H,32,33). The van der Waals surface area contributed by atoms with Gasteiger partial charge in [0.05, 0.1) is 11.6 Å². The Morgan fingerprint density at radius 2 is 1.76 bits per heavy atom. The first-order valence-electron chi connectivity index (χ1n) is 11.4. The van der Waals surface area contributed by atoms with Gasteiger partial charge in [0, 0.05) is 29.3 Å². The van der Waals surface area contributed by atoms with E-state index in [9.17, 15) is 9.90 Å². The van der Waals surface area contributed by atoms with Crippen LogP contribution in [0.1, 0.15) is 18.4 Å². The number of hydrogen-bond acceptors (Lipinski definition) is 6. The maximum absolute atomic E-state index is 11.2. The number of carboxylic acids is 1. The Morgan fingerprint density at radius 1 is 1.03 bits per heavy atom. The van der Waals surface area contributed by atoms with E-state index in [4.69, 9.17) is 4.98 Å². The summed E-state index contributed by atoms with van der Waals surface area (Å²) in [6.45, 7) is 2.47. The molecule has 172 valence electrons. The van der Waals surface area contributed by atoms with Gasteiger partial charge >= 0.3 is 5.97 Å². The smallest absolute Gasteiger partial charge is 0.306 e. The zero-order chi connectivity index (χ0) is 23.5. The lowest BCUT2D eigenvalue weighted by atomic mass is 9.96. The van der Waals surface area contributed by atoms with Crippen LogP contribution in [0.15, 0.2) is 72.0 Å². The van der Waals surface area contributed by atoms with E-state index >= 15 is 0 Å². The Hall–Kier alpha value is -3.29. The molecule has 0 aliphatic carbocycles. The maximum Gasteiger partial charge on any atom is 0.306 e. The van der Waals surface area contributed by atoms with E-state index in [1.54, 1.807) is 0 Å². The van der Waals surface area contributed by atoms with Crippen LogP contribution >= 0.6 is 11.8 Å². The van der Waals surface area contributed by atoms with Crippen LogP contribution in [-0.4, -0.2) is 50.3 Å². The van der Waals surface area contributed by atoms with Crippen LogP contribution in [0, 0.1) is 5.92 Å². The van der Waals surface area contributed by atoms with Crippen LogP contribution in [0.2, 0.25) is 0 Å². The molecule has 34 heavy (non-hydrogen) atoms. The number of piperidine rings is 1. The number of benzene rings is 2. The molecular formula is C27H26N4O2S. The van der Waals surface area contributed by atoms with Crippen molar-refractivity contribution in [1.29, 1.82) is 0 Å². The molecule has 0 amide bonds. The lowest BCUT2D eigenvalue weighted by Gasteiger charge is -2.30. The van der Waals surface area contributed by atoms with Gasteiger partial charge in [0.1, 0.15) is 0 Å². The highest BCUT2D eigenvalue weighted by Gasteiger charge is 2.24. The van der Waals surface area contributed by atoms with Crippen molar-refractivity contribution in [3.05, 3.63) is 72.4 Å². The minimum atomic E-state index is -0.670. The van der Waals surface area contributed by atoms with Crippen molar-refractivity contribution in [3.63, 3.8) is 0 Å². The lowest BCUT2D eigenvalue weighted by molar-refractivity contribution is -0.143. The molecule has 1 aliphatic rings. The lowest BCUT2D eigenvalue weighted by Crippen LogP contribution is -2.35. The van der Waals surface area contributed by atoms with Crippen LogP contribution in [0.4, 0.5) is 0 Å². The molecule has 0 unspecified atom stereocenters. The minimum Gasteiger partial charge on any atom is -0.481 e. The number of thioether (sulfide) groups is 1. The largest absolute Gasteiger partial charge is 0.481 e. The quantitative estimate of drug-likeness (QED) is 0.299. The molecule has 4 aromatic rings. The summed E-state index contributed by atoms with van der Waals surface area (Å²) in [5.41, 5.74) is 6.01. The zero-order valence-electron chi connectivity index (χ0n) is 19.0. The monoisotopic (exact) mass is 470 g/mol. The minimum absolute atomic E-state index is 0.204. The van der Waals surface area contributed by atoms with Crippen molar-refractivity contribution in [2.75, 3.05) is 19.3 Å². The second-order valence-corrected chi connectivity index (χ2v) is 9.38. The number of aliphatic carboxylic acids is 1. The number of fused-ring (bicyclic) bond motifs is 1. The SMILES string of the molecule is CSc1ncc2cc(-c3ccccc3)c(-c3ccc(CN4CCC(C(=O)O)CC4)cc3)nc2n1. The van der Waals surface area contributed by atoms with Crippen LogP contribution in [-0.2, 0) is 11.3 Å². The van der Waals surface area contributed by atoms with Crippen molar-refractivity contribution in [2.24, 2.45) is 5.92 Å². The van der Waals surface area contributed by atoms with Crippen LogP contribution < -0.4 is 0 Å². The summed E-state index contributed by atoms with van der Waals surface area (Å²) >= 11 is 1.51. The zero-order valence-corrected chi connectivity index (χ0v) is 19.8. The summed E-state index contributed by atoms with van der Waals surface area (Å²) in [5, 5.41) is 10.8. The predicted octanol–water partition coefficient (Wildman–Crippen LogP) is 5.38. The third-order valence-corrected chi connectivity index (χ3v) is 6.95. The molecule has 1 fully saturated rings. The summed E-state index contributed by atoms with van der Waals surface area (Å²) in [4.78, 5) is 27.5. The van der Waals surface area contributed by atoms with Gasteiger partial charge < -0.3 is 5.11 Å². The van der Waals surface area contributed by atoms with E-state index in [0.29, 0.717) is 10.8 Å². The molecule has 5 rings (SSSR count). The number of carboxylic acid groups (broad SMARTS) is 1. The third kappa shape index (κ3) is 4.81. The normalized spacial score (nSPS) is 15.0. The number of aromatic nitrogens is 3. The van der Waals surface area contributed by atoms with Gasteiger partial charge in [-0.25, -0.2) is 15.0 Å². The highest BCUT2D eigenvalue weighted by molar-refractivity contribution is 7.98. The molecule has 0 radical (unpaired) electrons. The number of pyridine rings is 1. The fourth-order valence-electron chi connectivity index (χ4n) is 4.47. The molecule has 1 aliphatic heterocycles. The second kappa shape index (κ2) is 9.91. The second-order valence-electron chi connectivity index (χ2n) is 8.61. The molecule has 0 atom stereocenters. The topological polar surface area (TPSA) is 79.2 Å². The van der Waals surface area contributed by atoms with E-state index in [-0.39, 0.29) is 5.92 Å². The van der Waals surface area contributed by atoms with Crippen molar-refractivity contribution in [3.8, 4) is 22.4 Å². The maximum atomic E-state index is 11.2. The van der Waals surface area contributed by atoms with E-state index in [0.717, 1.165) is 60.2 Å². The molecule has 0 bridgehead atoms. The summed E-state index contributed by atoms with van der Waals surface area (Å²) in [6, 6.07) is 20.9. The number of hydrogen-bond donors (Lipinski definition) is 1. The molecule has 3 heterocycles. The average molecular weight is 471 g/mol.